The van der Waals surface area contributed by atoms with Crippen LogP contribution >= 0.6 is 34.8 Å². The van der Waals surface area contributed by atoms with Crippen LogP contribution in [0.4, 0.5) is 4.79 Å². The highest BCUT2D eigenvalue weighted by Crippen LogP contribution is 2.45. The first kappa shape index (κ1) is 23.1. The number of carbonyl (C=O) groups excluding carboxylic acids is 1. The van der Waals surface area contributed by atoms with Gasteiger partial charge in [0.2, 0.25) is 0 Å². The molecule has 1 aliphatic rings. The van der Waals surface area contributed by atoms with Gasteiger partial charge in [-0.15, -0.1) is 0 Å². The number of aliphatic imine (C=N–C) groups is 1. The van der Waals surface area contributed by atoms with Crippen LogP contribution < -0.4 is 4.74 Å². The van der Waals surface area contributed by atoms with Crippen molar-refractivity contribution >= 4 is 46.0 Å². The Morgan fingerprint density at radius 3 is 2.18 bits per heavy atom. The van der Waals surface area contributed by atoms with Crippen molar-refractivity contribution in [3.8, 4) is 11.8 Å². The third kappa shape index (κ3) is 4.69. The summed E-state index contributed by atoms with van der Waals surface area (Å²) in [6.07, 6.45) is 0. The Hall–Kier alpha value is -3.04. The highest BCUT2D eigenvalue weighted by molar-refractivity contribution is 6.64. The quantitative estimate of drug-likeness (QED) is 0.277. The monoisotopic (exact) mass is 497 g/mol. The molecule has 0 aliphatic carbocycles. The van der Waals surface area contributed by atoms with E-state index in [4.69, 9.17) is 44.5 Å². The molecule has 0 aromatic heterocycles. The summed E-state index contributed by atoms with van der Waals surface area (Å²) in [5, 5.41) is 9.80. The van der Waals surface area contributed by atoms with Gasteiger partial charge in [0, 0.05) is 10.0 Å². The fraction of sp³-hybridized carbons (Fsp3) is 0.160. The van der Waals surface area contributed by atoms with Gasteiger partial charge >= 0.3 is 5.37 Å². The fourth-order valence-corrected chi connectivity index (χ4v) is 4.33. The molecule has 0 radical (unpaired) electrons. The molecule has 4 rings (SSSR count). The Labute approximate surface area is 206 Å². The van der Waals surface area contributed by atoms with Crippen LogP contribution in [-0.2, 0) is 0 Å². The standard InChI is InChI=1S/C25H18Cl3N3O2/c1-2-33-21-13-15(14-29)3-12-20(21)24-30-22(16-4-8-18(26)9-5-16)23(31(24)25(28)32)17-6-10-19(27)11-7-17/h3-13,22-23H,2H2,1H3. The van der Waals surface area contributed by atoms with Crippen LogP contribution in [-0.4, -0.2) is 22.7 Å². The van der Waals surface area contributed by atoms with Crippen molar-refractivity contribution in [2.75, 3.05) is 6.61 Å². The smallest absolute Gasteiger partial charge is 0.322 e. The van der Waals surface area contributed by atoms with Crippen LogP contribution in [0.5, 0.6) is 5.75 Å². The van der Waals surface area contributed by atoms with Crippen LogP contribution in [0.2, 0.25) is 10.0 Å². The van der Waals surface area contributed by atoms with Gasteiger partial charge in [-0.2, -0.15) is 5.26 Å². The molecule has 2 atom stereocenters. The van der Waals surface area contributed by atoms with Crippen molar-refractivity contribution in [1.82, 2.24) is 4.90 Å². The molecule has 5 nitrogen and oxygen atoms in total. The van der Waals surface area contributed by atoms with Crippen molar-refractivity contribution in [3.05, 3.63) is 99.0 Å². The van der Waals surface area contributed by atoms with E-state index in [9.17, 15) is 10.1 Å². The lowest BCUT2D eigenvalue weighted by atomic mass is 9.94. The molecule has 0 spiro atoms. The minimum absolute atomic E-state index is 0.364. The number of amidine groups is 1. The predicted molar refractivity (Wildman–Crippen MR) is 130 cm³/mol. The molecule has 0 saturated carbocycles. The Bertz CT molecular complexity index is 1250. The van der Waals surface area contributed by atoms with E-state index in [1.165, 1.54) is 4.90 Å². The van der Waals surface area contributed by atoms with Crippen molar-refractivity contribution in [2.45, 2.75) is 19.0 Å². The Kier molecular flexibility index (Phi) is 6.90. The molecular weight excluding hydrogens is 481 g/mol. The van der Waals surface area contributed by atoms with Gasteiger partial charge in [-0.3, -0.25) is 14.7 Å². The van der Waals surface area contributed by atoms with Crippen LogP contribution in [0, 0.1) is 11.3 Å². The van der Waals surface area contributed by atoms with E-state index >= 15 is 0 Å². The van der Waals surface area contributed by atoms with Crippen LogP contribution in [0.25, 0.3) is 0 Å². The van der Waals surface area contributed by atoms with Gasteiger partial charge in [0.1, 0.15) is 17.6 Å². The zero-order valence-electron chi connectivity index (χ0n) is 17.5. The third-order valence-electron chi connectivity index (χ3n) is 5.33. The maximum absolute atomic E-state index is 12.8. The van der Waals surface area contributed by atoms with Crippen LogP contribution in [0.15, 0.2) is 71.7 Å². The minimum atomic E-state index is -0.683. The minimum Gasteiger partial charge on any atom is -0.493 e. The second-order valence-electron chi connectivity index (χ2n) is 7.32. The molecule has 1 heterocycles. The van der Waals surface area contributed by atoms with Crippen LogP contribution in [0.1, 0.15) is 41.3 Å². The van der Waals surface area contributed by atoms with Gasteiger partial charge in [0.05, 0.1) is 29.8 Å². The number of hydrogen-bond acceptors (Lipinski definition) is 4. The third-order valence-corrected chi connectivity index (χ3v) is 6.02. The zero-order chi connectivity index (χ0) is 23.5. The number of halogens is 3. The van der Waals surface area contributed by atoms with Gasteiger partial charge in [-0.05, 0) is 72.1 Å². The SMILES string of the molecule is CCOc1cc(C#N)ccc1C1=NC(c2ccc(Cl)cc2)C(c2ccc(Cl)cc2)N1C(=O)Cl. The molecule has 1 aliphatic heterocycles. The number of rotatable bonds is 5. The number of amides is 1. The molecule has 0 bridgehead atoms. The van der Waals surface area contributed by atoms with Gasteiger partial charge in [-0.25, -0.2) is 0 Å². The summed E-state index contributed by atoms with van der Waals surface area (Å²) in [6.45, 7) is 2.22. The van der Waals surface area contributed by atoms with E-state index in [1.54, 1.807) is 42.5 Å². The van der Waals surface area contributed by atoms with E-state index in [-0.39, 0.29) is 0 Å². The number of benzene rings is 3. The molecular formula is C25H18Cl3N3O2. The second-order valence-corrected chi connectivity index (χ2v) is 8.52. The van der Waals surface area contributed by atoms with E-state index < -0.39 is 17.5 Å². The summed E-state index contributed by atoms with van der Waals surface area (Å²) in [5.41, 5.74) is 2.69. The Morgan fingerprint density at radius 1 is 1.03 bits per heavy atom. The zero-order valence-corrected chi connectivity index (χ0v) is 19.8. The normalized spacial score (nSPS) is 17.4. The lowest BCUT2D eigenvalue weighted by molar-refractivity contribution is 0.231. The van der Waals surface area contributed by atoms with Gasteiger partial charge < -0.3 is 4.74 Å². The second kappa shape index (κ2) is 9.84. The first-order valence-corrected chi connectivity index (χ1v) is 11.3. The number of nitrogens with zero attached hydrogens (tertiary/aromatic N) is 3. The Balaban J connectivity index is 1.91. The molecule has 2 unspecified atom stereocenters. The first-order valence-electron chi connectivity index (χ1n) is 10.2. The van der Waals surface area contributed by atoms with E-state index in [0.717, 1.165) is 11.1 Å². The number of carbonyl (C=O) groups is 1. The molecule has 33 heavy (non-hydrogen) atoms. The lowest BCUT2D eigenvalue weighted by Crippen LogP contribution is -2.34. The molecule has 3 aromatic rings. The van der Waals surface area contributed by atoms with Gasteiger partial charge in [0.15, 0.2) is 0 Å². The summed E-state index contributed by atoms with van der Waals surface area (Å²) >= 11 is 18.3. The van der Waals surface area contributed by atoms with Crippen molar-refractivity contribution in [2.24, 2.45) is 4.99 Å². The van der Waals surface area contributed by atoms with E-state index in [1.807, 2.05) is 31.2 Å². The van der Waals surface area contributed by atoms with Gasteiger partial charge in [-0.1, -0.05) is 47.5 Å². The highest BCUT2D eigenvalue weighted by Gasteiger charge is 2.42. The average molecular weight is 499 g/mol. The largest absolute Gasteiger partial charge is 0.493 e. The summed E-state index contributed by atoms with van der Waals surface area (Å²) in [6, 6.07) is 20.7. The maximum Gasteiger partial charge on any atom is 0.322 e. The summed E-state index contributed by atoms with van der Waals surface area (Å²) in [4.78, 5) is 19.2. The first-order chi connectivity index (χ1) is 15.9. The van der Waals surface area contributed by atoms with Crippen molar-refractivity contribution < 1.29 is 9.53 Å². The molecule has 8 heteroatoms. The molecule has 0 N–H and O–H groups in total. The maximum atomic E-state index is 12.8. The van der Waals surface area contributed by atoms with Crippen molar-refractivity contribution in [1.29, 1.82) is 5.26 Å². The summed E-state index contributed by atoms with van der Waals surface area (Å²) in [5.74, 6) is 0.813. The predicted octanol–water partition coefficient (Wildman–Crippen LogP) is 7.17. The molecule has 1 amide bonds. The van der Waals surface area contributed by atoms with E-state index in [2.05, 4.69) is 6.07 Å². The molecule has 166 valence electrons. The average Bonchev–Trinajstić information content (AvgIpc) is 3.21. The van der Waals surface area contributed by atoms with E-state index in [0.29, 0.717) is 39.4 Å². The van der Waals surface area contributed by atoms with Gasteiger partial charge in [0.25, 0.3) is 0 Å². The summed E-state index contributed by atoms with van der Waals surface area (Å²) in [7, 11) is 0. The highest BCUT2D eigenvalue weighted by atomic mass is 35.5. The molecule has 0 saturated heterocycles. The Morgan fingerprint density at radius 2 is 1.64 bits per heavy atom. The number of nitriles is 1. The van der Waals surface area contributed by atoms with Crippen LogP contribution in [0.3, 0.4) is 0 Å². The molecule has 0 fully saturated rings. The molecule has 3 aromatic carbocycles. The lowest BCUT2D eigenvalue weighted by Gasteiger charge is -2.28. The number of hydrogen-bond donors (Lipinski definition) is 0. The van der Waals surface area contributed by atoms with Crippen molar-refractivity contribution in [3.63, 3.8) is 0 Å². The topological polar surface area (TPSA) is 65.7 Å². The fourth-order valence-electron chi connectivity index (χ4n) is 3.89. The summed E-state index contributed by atoms with van der Waals surface area (Å²) < 4.78 is 5.79. The number of ether oxygens (including phenoxy) is 1.